The van der Waals surface area contributed by atoms with Crippen molar-refractivity contribution in [2.24, 2.45) is 0 Å². The first kappa shape index (κ1) is 12.2. The van der Waals surface area contributed by atoms with Crippen LogP contribution in [-0.2, 0) is 6.54 Å². The molecule has 2 heterocycles. The second-order valence-corrected chi connectivity index (χ2v) is 5.15. The number of unbranched alkanes of at least 4 members (excludes halogenated alkanes) is 1. The molecule has 0 aromatic carbocycles. The van der Waals surface area contributed by atoms with Crippen molar-refractivity contribution >= 4 is 28.6 Å². The van der Waals surface area contributed by atoms with Gasteiger partial charge in [-0.25, -0.2) is 9.97 Å². The quantitative estimate of drug-likeness (QED) is 0.828. The van der Waals surface area contributed by atoms with Gasteiger partial charge in [-0.05, 0) is 37.3 Å². The molecule has 92 valence electrons. The Labute approximate surface area is 106 Å². The Balaban J connectivity index is 2.20. The monoisotopic (exact) mass is 250 g/mol. The highest BCUT2D eigenvalue weighted by atomic mass is 32.2. The summed E-state index contributed by atoms with van der Waals surface area (Å²) in [6.07, 6.45) is 8.24. The van der Waals surface area contributed by atoms with Crippen LogP contribution in [0.15, 0.2) is 12.5 Å². The average Bonchev–Trinajstić information content (AvgIpc) is 2.75. The van der Waals surface area contributed by atoms with E-state index in [2.05, 4.69) is 27.7 Å². The van der Waals surface area contributed by atoms with Gasteiger partial charge in [0.15, 0.2) is 5.82 Å². The van der Waals surface area contributed by atoms with Crippen molar-refractivity contribution in [1.82, 2.24) is 14.5 Å². The lowest BCUT2D eigenvalue weighted by molar-refractivity contribution is 0.648. The van der Waals surface area contributed by atoms with Gasteiger partial charge in [-0.2, -0.15) is 11.8 Å². The highest BCUT2D eigenvalue weighted by molar-refractivity contribution is 7.98. The first-order valence-corrected chi connectivity index (χ1v) is 7.18. The van der Waals surface area contributed by atoms with E-state index in [1.165, 1.54) is 18.6 Å². The molecule has 17 heavy (non-hydrogen) atoms. The fourth-order valence-electron chi connectivity index (χ4n) is 1.97. The Hall–Kier alpha value is -1.23. The molecular weight excluding hydrogens is 232 g/mol. The third-order valence-electron chi connectivity index (χ3n) is 2.85. The summed E-state index contributed by atoms with van der Waals surface area (Å²) in [5.74, 6) is 1.74. The van der Waals surface area contributed by atoms with E-state index in [1.54, 1.807) is 0 Å². The largest absolute Gasteiger partial charge is 0.382 e. The minimum Gasteiger partial charge on any atom is -0.382 e. The van der Waals surface area contributed by atoms with Crippen molar-refractivity contribution in [3.63, 3.8) is 0 Å². The summed E-state index contributed by atoms with van der Waals surface area (Å²) in [6.45, 7) is 3.05. The molecule has 0 saturated carbocycles. The van der Waals surface area contributed by atoms with Crippen molar-refractivity contribution in [3.05, 3.63) is 18.1 Å². The molecule has 0 aliphatic heterocycles. The van der Waals surface area contributed by atoms with Gasteiger partial charge in [0.1, 0.15) is 5.52 Å². The molecule has 4 nitrogen and oxygen atoms in total. The molecule has 0 aliphatic rings. The number of hydrogen-bond acceptors (Lipinski definition) is 4. The van der Waals surface area contributed by atoms with Crippen LogP contribution in [0, 0.1) is 6.92 Å². The lowest BCUT2D eigenvalue weighted by atomic mass is 10.2. The number of aromatic nitrogens is 3. The normalized spacial score (nSPS) is 11.2. The number of imidazole rings is 1. The zero-order valence-corrected chi connectivity index (χ0v) is 11.1. The summed E-state index contributed by atoms with van der Waals surface area (Å²) in [5.41, 5.74) is 8.92. The Morgan fingerprint density at radius 3 is 2.94 bits per heavy atom. The Bertz CT molecular complexity index is 506. The van der Waals surface area contributed by atoms with Crippen molar-refractivity contribution in [1.29, 1.82) is 0 Å². The van der Waals surface area contributed by atoms with Gasteiger partial charge in [0.25, 0.3) is 0 Å². The van der Waals surface area contributed by atoms with E-state index in [4.69, 9.17) is 5.73 Å². The zero-order chi connectivity index (χ0) is 12.3. The Morgan fingerprint density at radius 2 is 2.18 bits per heavy atom. The average molecular weight is 250 g/mol. The molecule has 0 fully saturated rings. The van der Waals surface area contributed by atoms with E-state index in [0.29, 0.717) is 5.82 Å². The van der Waals surface area contributed by atoms with Crippen LogP contribution in [0.25, 0.3) is 11.0 Å². The highest BCUT2D eigenvalue weighted by Crippen LogP contribution is 2.21. The van der Waals surface area contributed by atoms with Gasteiger partial charge in [-0.3, -0.25) is 0 Å². The number of nitrogen functional groups attached to an aromatic ring is 1. The second kappa shape index (κ2) is 5.40. The number of rotatable bonds is 5. The minimum atomic E-state index is 0.522. The molecule has 2 N–H and O–H groups in total. The molecule has 2 aromatic heterocycles. The number of pyridine rings is 1. The molecule has 0 bridgehead atoms. The van der Waals surface area contributed by atoms with Crippen LogP contribution in [0.2, 0.25) is 0 Å². The molecule has 2 rings (SSSR count). The Kier molecular flexibility index (Phi) is 3.89. The van der Waals surface area contributed by atoms with Crippen LogP contribution in [-0.4, -0.2) is 26.5 Å². The van der Waals surface area contributed by atoms with Gasteiger partial charge < -0.3 is 10.3 Å². The smallest absolute Gasteiger partial charge is 0.151 e. The number of anilines is 1. The number of nitrogens with two attached hydrogens (primary N) is 1. The number of nitrogens with zero attached hydrogens (tertiary/aromatic N) is 3. The fourth-order valence-corrected chi connectivity index (χ4v) is 2.46. The summed E-state index contributed by atoms with van der Waals surface area (Å²) in [4.78, 5) is 8.48. The topological polar surface area (TPSA) is 56.7 Å². The van der Waals surface area contributed by atoms with Crippen molar-refractivity contribution in [2.45, 2.75) is 26.3 Å². The fraction of sp³-hybridized carbons (Fsp3) is 0.500. The lowest BCUT2D eigenvalue weighted by Crippen LogP contribution is -1.99. The molecule has 0 saturated heterocycles. The van der Waals surface area contributed by atoms with Gasteiger partial charge in [0.2, 0.25) is 0 Å². The third-order valence-corrected chi connectivity index (χ3v) is 3.55. The predicted molar refractivity (Wildman–Crippen MR) is 74.3 cm³/mol. The highest BCUT2D eigenvalue weighted by Gasteiger charge is 2.08. The van der Waals surface area contributed by atoms with Gasteiger partial charge in [-0.1, -0.05) is 0 Å². The van der Waals surface area contributed by atoms with Crippen molar-refractivity contribution in [2.75, 3.05) is 17.7 Å². The molecule has 5 heteroatoms. The standard InChI is InChI=1S/C12H18N4S/c1-9-7-14-12(13)10-11(9)16(8-15-10)5-3-4-6-17-2/h7-8H,3-6H2,1-2H3,(H2,13,14). The number of aryl methyl sites for hydroxylation is 2. The number of thioether (sulfide) groups is 1. The van der Waals surface area contributed by atoms with E-state index in [9.17, 15) is 0 Å². The van der Waals surface area contributed by atoms with Gasteiger partial charge in [0, 0.05) is 12.7 Å². The molecular formula is C12H18N4S. The van der Waals surface area contributed by atoms with Gasteiger partial charge in [-0.15, -0.1) is 0 Å². The summed E-state index contributed by atoms with van der Waals surface area (Å²) in [7, 11) is 0. The van der Waals surface area contributed by atoms with E-state index < -0.39 is 0 Å². The lowest BCUT2D eigenvalue weighted by Gasteiger charge is -2.06. The third kappa shape index (κ3) is 2.54. The summed E-state index contributed by atoms with van der Waals surface area (Å²) in [5, 5.41) is 0. The summed E-state index contributed by atoms with van der Waals surface area (Å²) >= 11 is 1.89. The zero-order valence-electron chi connectivity index (χ0n) is 10.3. The number of hydrogen-bond donors (Lipinski definition) is 1. The van der Waals surface area contributed by atoms with Crippen LogP contribution in [0.5, 0.6) is 0 Å². The Morgan fingerprint density at radius 1 is 1.35 bits per heavy atom. The molecule has 0 spiro atoms. The maximum Gasteiger partial charge on any atom is 0.151 e. The second-order valence-electron chi connectivity index (χ2n) is 4.16. The SMILES string of the molecule is CSCCCCn1cnc2c(N)ncc(C)c21. The van der Waals surface area contributed by atoms with Gasteiger partial charge in [0.05, 0.1) is 11.8 Å². The van der Waals surface area contributed by atoms with Crippen LogP contribution < -0.4 is 5.73 Å². The maximum absolute atomic E-state index is 5.82. The maximum atomic E-state index is 5.82. The molecule has 0 aliphatic carbocycles. The van der Waals surface area contributed by atoms with Crippen LogP contribution >= 0.6 is 11.8 Å². The molecule has 0 unspecified atom stereocenters. The molecule has 0 radical (unpaired) electrons. The first-order chi connectivity index (χ1) is 8.24. The van der Waals surface area contributed by atoms with Crippen LogP contribution in [0.3, 0.4) is 0 Å². The van der Waals surface area contributed by atoms with Crippen molar-refractivity contribution < 1.29 is 0 Å². The first-order valence-electron chi connectivity index (χ1n) is 5.79. The van der Waals surface area contributed by atoms with E-state index in [-0.39, 0.29) is 0 Å². The van der Waals surface area contributed by atoms with Crippen LogP contribution in [0.1, 0.15) is 18.4 Å². The summed E-state index contributed by atoms with van der Waals surface area (Å²) < 4.78 is 2.18. The van der Waals surface area contributed by atoms with E-state index in [0.717, 1.165) is 23.1 Å². The minimum absolute atomic E-state index is 0.522. The van der Waals surface area contributed by atoms with E-state index in [1.807, 2.05) is 24.3 Å². The molecule has 0 amide bonds. The van der Waals surface area contributed by atoms with Crippen molar-refractivity contribution in [3.8, 4) is 0 Å². The van der Waals surface area contributed by atoms with E-state index >= 15 is 0 Å². The molecule has 0 atom stereocenters. The van der Waals surface area contributed by atoms with Crippen LogP contribution in [0.4, 0.5) is 5.82 Å². The number of fused-ring (bicyclic) bond motifs is 1. The van der Waals surface area contributed by atoms with Gasteiger partial charge >= 0.3 is 0 Å². The molecule has 2 aromatic rings. The predicted octanol–water partition coefficient (Wildman–Crippen LogP) is 2.47. The summed E-state index contributed by atoms with van der Waals surface area (Å²) in [6, 6.07) is 0.